The molecule has 4 nitrogen and oxygen atoms in total. The van der Waals surface area contributed by atoms with Gasteiger partial charge < -0.3 is 11.1 Å². The van der Waals surface area contributed by atoms with Crippen molar-refractivity contribution in [2.75, 3.05) is 0 Å². The lowest BCUT2D eigenvalue weighted by molar-refractivity contribution is 1.05. The summed E-state index contributed by atoms with van der Waals surface area (Å²) in [5, 5.41) is 3.24. The first kappa shape index (κ1) is 10.7. The van der Waals surface area contributed by atoms with Crippen LogP contribution in [0.25, 0.3) is 5.70 Å². The first-order valence-corrected chi connectivity index (χ1v) is 5.15. The van der Waals surface area contributed by atoms with E-state index in [-0.39, 0.29) is 5.28 Å². The molecule has 2 heterocycles. The molecule has 0 unspecified atom stereocenters. The third kappa shape index (κ3) is 2.06. The zero-order chi connectivity index (χ0) is 11.5. The molecular weight excluding hydrogens is 224 g/mol. The minimum Gasteiger partial charge on any atom is -0.395 e. The average Bonchev–Trinajstić information content (AvgIpc) is 2.32. The van der Waals surface area contributed by atoms with Crippen LogP contribution in [0.2, 0.25) is 5.28 Å². The lowest BCUT2D eigenvalue weighted by Gasteiger charge is -2.11. The Labute approximate surface area is 98.5 Å². The lowest BCUT2D eigenvalue weighted by Crippen LogP contribution is -2.14. The molecule has 2 rings (SSSR count). The summed E-state index contributed by atoms with van der Waals surface area (Å²) in [5.41, 5.74) is 8.93. The van der Waals surface area contributed by atoms with E-state index in [0.717, 1.165) is 11.3 Å². The van der Waals surface area contributed by atoms with Crippen LogP contribution in [0.5, 0.6) is 0 Å². The topological polar surface area (TPSA) is 63.8 Å². The fourth-order valence-electron chi connectivity index (χ4n) is 1.38. The normalized spacial score (nSPS) is 17.1. The Morgan fingerprint density at radius 2 is 2.25 bits per heavy atom. The quantitative estimate of drug-likeness (QED) is 0.727. The monoisotopic (exact) mass is 234 g/mol. The second-order valence-electron chi connectivity index (χ2n) is 3.36. The van der Waals surface area contributed by atoms with Gasteiger partial charge in [-0.25, -0.2) is 9.97 Å². The molecule has 0 saturated carbocycles. The van der Waals surface area contributed by atoms with Crippen LogP contribution in [0.1, 0.15) is 11.3 Å². The predicted octanol–water partition coefficient (Wildman–Crippen LogP) is 1.74. The maximum absolute atomic E-state index is 6.02. The Balaban J connectivity index is 2.47. The molecule has 0 radical (unpaired) electrons. The number of aromatic nitrogens is 2. The largest absolute Gasteiger partial charge is 0.395 e. The highest BCUT2D eigenvalue weighted by Crippen LogP contribution is 2.17. The van der Waals surface area contributed by atoms with Gasteiger partial charge in [-0.05, 0) is 36.2 Å². The summed E-state index contributed by atoms with van der Waals surface area (Å²) in [4.78, 5) is 8.01. The van der Waals surface area contributed by atoms with Gasteiger partial charge in [0, 0.05) is 12.4 Å². The molecule has 1 aromatic rings. The number of aryl methyl sites for hydroxylation is 1. The van der Waals surface area contributed by atoms with Crippen LogP contribution in [-0.4, -0.2) is 9.97 Å². The lowest BCUT2D eigenvalue weighted by atomic mass is 10.1. The number of rotatable bonds is 1. The van der Waals surface area contributed by atoms with Gasteiger partial charge in [0.25, 0.3) is 0 Å². The molecule has 0 bridgehead atoms. The second-order valence-corrected chi connectivity index (χ2v) is 3.70. The smallest absolute Gasteiger partial charge is 0.222 e. The van der Waals surface area contributed by atoms with Gasteiger partial charge in [0.1, 0.15) is 0 Å². The van der Waals surface area contributed by atoms with E-state index in [4.69, 9.17) is 17.3 Å². The number of hydrogen-bond acceptors (Lipinski definition) is 4. The second kappa shape index (κ2) is 4.37. The minimum atomic E-state index is 0.194. The molecule has 0 atom stereocenters. The maximum Gasteiger partial charge on any atom is 0.222 e. The summed E-state index contributed by atoms with van der Waals surface area (Å²) in [5.74, 6) is 0. The SMILES string of the molecule is Cc1cnc(Cl)nc1/C(N)=C1/C=CC=CN1. The molecule has 16 heavy (non-hydrogen) atoms. The molecule has 82 valence electrons. The van der Waals surface area contributed by atoms with E-state index in [1.54, 1.807) is 12.4 Å². The zero-order valence-corrected chi connectivity index (χ0v) is 9.49. The fourth-order valence-corrected chi connectivity index (χ4v) is 1.51. The summed E-state index contributed by atoms with van der Waals surface area (Å²) in [6, 6.07) is 0. The van der Waals surface area contributed by atoms with E-state index in [0.29, 0.717) is 11.4 Å². The van der Waals surface area contributed by atoms with Crippen molar-refractivity contribution in [2.45, 2.75) is 6.92 Å². The Morgan fingerprint density at radius 3 is 2.94 bits per heavy atom. The van der Waals surface area contributed by atoms with Crippen molar-refractivity contribution in [1.82, 2.24) is 15.3 Å². The number of nitrogens with one attached hydrogen (secondary N) is 1. The Bertz CT molecular complexity index is 503. The van der Waals surface area contributed by atoms with Gasteiger partial charge in [-0.3, -0.25) is 0 Å². The standard InChI is InChI=1S/C11H11ClN4/c1-7-6-15-11(12)16-10(7)9(13)8-4-2-3-5-14-8/h2-6,14H,13H2,1H3/b9-8+. The maximum atomic E-state index is 6.02. The molecule has 3 N–H and O–H groups in total. The van der Waals surface area contributed by atoms with Gasteiger partial charge in [0.05, 0.1) is 17.1 Å². The fraction of sp³-hybridized carbons (Fsp3) is 0.0909. The molecule has 0 spiro atoms. The predicted molar refractivity (Wildman–Crippen MR) is 64.3 cm³/mol. The molecule has 0 aliphatic carbocycles. The average molecular weight is 235 g/mol. The number of nitrogens with two attached hydrogens (primary N) is 1. The highest BCUT2D eigenvalue weighted by molar-refractivity contribution is 6.28. The van der Waals surface area contributed by atoms with Crippen LogP contribution >= 0.6 is 11.6 Å². The highest BCUT2D eigenvalue weighted by Gasteiger charge is 2.09. The molecular formula is C11H11ClN4. The summed E-state index contributed by atoms with van der Waals surface area (Å²) in [6.45, 7) is 1.89. The number of nitrogens with zero attached hydrogens (tertiary/aromatic N) is 2. The van der Waals surface area contributed by atoms with Crippen molar-refractivity contribution in [2.24, 2.45) is 5.73 Å². The molecule has 0 fully saturated rings. The molecule has 1 aromatic heterocycles. The number of hydrogen-bond donors (Lipinski definition) is 2. The van der Waals surface area contributed by atoms with E-state index in [1.165, 1.54) is 0 Å². The van der Waals surface area contributed by atoms with Crippen LogP contribution < -0.4 is 11.1 Å². The minimum absolute atomic E-state index is 0.194. The third-order valence-corrected chi connectivity index (χ3v) is 2.38. The van der Waals surface area contributed by atoms with E-state index in [1.807, 2.05) is 25.2 Å². The first-order chi connectivity index (χ1) is 7.68. The Morgan fingerprint density at radius 1 is 1.44 bits per heavy atom. The van der Waals surface area contributed by atoms with E-state index >= 15 is 0 Å². The van der Waals surface area contributed by atoms with Crippen LogP contribution in [0.4, 0.5) is 0 Å². The van der Waals surface area contributed by atoms with E-state index in [2.05, 4.69) is 15.3 Å². The number of allylic oxidation sites excluding steroid dienone is 3. The molecule has 1 aliphatic heterocycles. The number of halogens is 1. The van der Waals surface area contributed by atoms with Crippen LogP contribution in [0.15, 0.2) is 36.3 Å². The van der Waals surface area contributed by atoms with Gasteiger partial charge in [-0.15, -0.1) is 0 Å². The Hall–Kier alpha value is -1.81. The summed E-state index contributed by atoms with van der Waals surface area (Å²) in [6.07, 6.45) is 9.12. The van der Waals surface area contributed by atoms with Crippen molar-refractivity contribution < 1.29 is 0 Å². The van der Waals surface area contributed by atoms with E-state index in [9.17, 15) is 0 Å². The van der Waals surface area contributed by atoms with Crippen molar-refractivity contribution in [3.8, 4) is 0 Å². The molecule has 0 aromatic carbocycles. The van der Waals surface area contributed by atoms with Crippen molar-refractivity contribution in [1.29, 1.82) is 0 Å². The van der Waals surface area contributed by atoms with Crippen molar-refractivity contribution in [3.05, 3.63) is 52.9 Å². The van der Waals surface area contributed by atoms with E-state index < -0.39 is 0 Å². The van der Waals surface area contributed by atoms with Gasteiger partial charge in [0.15, 0.2) is 0 Å². The van der Waals surface area contributed by atoms with Gasteiger partial charge >= 0.3 is 0 Å². The number of dihydropyridines is 1. The summed E-state index contributed by atoms with van der Waals surface area (Å²) >= 11 is 5.75. The first-order valence-electron chi connectivity index (χ1n) is 4.77. The highest BCUT2D eigenvalue weighted by atomic mass is 35.5. The zero-order valence-electron chi connectivity index (χ0n) is 8.74. The van der Waals surface area contributed by atoms with Crippen LogP contribution in [0, 0.1) is 6.92 Å². The molecule has 0 amide bonds. The Kier molecular flexibility index (Phi) is 2.92. The van der Waals surface area contributed by atoms with Gasteiger partial charge in [-0.1, -0.05) is 6.08 Å². The van der Waals surface area contributed by atoms with Crippen LogP contribution in [0.3, 0.4) is 0 Å². The summed E-state index contributed by atoms with van der Waals surface area (Å²) < 4.78 is 0. The molecule has 1 aliphatic rings. The molecule has 0 saturated heterocycles. The van der Waals surface area contributed by atoms with Crippen molar-refractivity contribution in [3.63, 3.8) is 0 Å². The van der Waals surface area contributed by atoms with Crippen LogP contribution in [-0.2, 0) is 0 Å². The summed E-state index contributed by atoms with van der Waals surface area (Å²) in [7, 11) is 0. The third-order valence-electron chi connectivity index (χ3n) is 2.20. The van der Waals surface area contributed by atoms with Gasteiger partial charge in [-0.2, -0.15) is 0 Å². The van der Waals surface area contributed by atoms with Crippen molar-refractivity contribution >= 4 is 17.3 Å². The molecule has 5 heteroatoms. The van der Waals surface area contributed by atoms with Gasteiger partial charge in [0.2, 0.25) is 5.28 Å².